The molecule has 4 aromatic rings. The fourth-order valence-electron chi connectivity index (χ4n) is 4.08. The number of nitrogens with zero attached hydrogens (tertiary/aromatic N) is 1. The first-order valence-electron chi connectivity index (χ1n) is 10.8. The molecule has 0 saturated heterocycles. The lowest BCUT2D eigenvalue weighted by atomic mass is 9.98. The maximum absolute atomic E-state index is 13.3. The molecule has 1 heterocycles. The van der Waals surface area contributed by atoms with Gasteiger partial charge in [0, 0.05) is 27.9 Å². The monoisotopic (exact) mass is 436 g/mol. The van der Waals surface area contributed by atoms with E-state index in [9.17, 15) is 9.59 Å². The van der Waals surface area contributed by atoms with E-state index in [4.69, 9.17) is 9.68 Å². The van der Waals surface area contributed by atoms with Gasteiger partial charge in [0.25, 0.3) is 0 Å². The van der Waals surface area contributed by atoms with E-state index >= 15 is 0 Å². The van der Waals surface area contributed by atoms with Gasteiger partial charge in [-0.2, -0.15) is 5.26 Å². The minimum Gasteiger partial charge on any atom is -0.455 e. The Balaban J connectivity index is 1.85. The van der Waals surface area contributed by atoms with E-state index in [1.807, 2.05) is 74.5 Å². The van der Waals surface area contributed by atoms with Crippen LogP contribution >= 0.6 is 0 Å². The van der Waals surface area contributed by atoms with Crippen LogP contribution in [0.3, 0.4) is 0 Å². The lowest BCUT2D eigenvalue weighted by molar-refractivity contribution is 0.0998. The lowest BCUT2D eigenvalue weighted by Crippen LogP contribution is -2.14. The lowest BCUT2D eigenvalue weighted by Gasteiger charge is -2.20. The van der Waals surface area contributed by atoms with Crippen LogP contribution in [0.2, 0.25) is 0 Å². The Hall–Kier alpha value is -4.17. The van der Waals surface area contributed by atoms with E-state index in [2.05, 4.69) is 5.32 Å². The Labute approximate surface area is 192 Å². The Kier molecular flexibility index (Phi) is 6.10. The fraction of sp³-hybridized carbons (Fsp3) is 0.179. The van der Waals surface area contributed by atoms with Crippen LogP contribution in [0, 0.1) is 25.2 Å². The molecule has 0 radical (unpaired) electrons. The number of nitrogens with one attached hydrogen (secondary N) is 1. The average molecular weight is 437 g/mol. The van der Waals surface area contributed by atoms with Gasteiger partial charge in [-0.3, -0.25) is 9.59 Å². The fourth-order valence-corrected chi connectivity index (χ4v) is 4.08. The average Bonchev–Trinajstić information content (AvgIpc) is 2.82. The second-order valence-corrected chi connectivity index (χ2v) is 8.15. The summed E-state index contributed by atoms with van der Waals surface area (Å²) in [4.78, 5) is 25.7. The molecular formula is C28H24N2O3. The SMILES string of the molecule is Cc1cc([C@@H](C)Nc2ccccc2C(=O)CC#N)c2oc(-c3ccccc3)c(C)c(=O)c2c1. The number of ketones is 1. The van der Waals surface area contributed by atoms with Crippen LogP contribution < -0.4 is 10.7 Å². The Morgan fingerprint density at radius 2 is 1.76 bits per heavy atom. The third kappa shape index (κ3) is 4.28. The highest BCUT2D eigenvalue weighted by Gasteiger charge is 2.20. The maximum Gasteiger partial charge on any atom is 0.196 e. The Morgan fingerprint density at radius 1 is 1.06 bits per heavy atom. The van der Waals surface area contributed by atoms with Crippen molar-refractivity contribution in [3.05, 3.63) is 99.2 Å². The van der Waals surface area contributed by atoms with Crippen molar-refractivity contribution in [3.63, 3.8) is 0 Å². The minimum atomic E-state index is -0.266. The minimum absolute atomic E-state index is 0.0585. The predicted octanol–water partition coefficient (Wildman–Crippen LogP) is 6.35. The molecule has 33 heavy (non-hydrogen) atoms. The molecule has 0 aliphatic heterocycles. The number of aryl methyl sites for hydroxylation is 1. The second-order valence-electron chi connectivity index (χ2n) is 8.15. The first-order valence-corrected chi connectivity index (χ1v) is 10.8. The van der Waals surface area contributed by atoms with Crippen LogP contribution in [-0.2, 0) is 0 Å². The standard InChI is InChI=1S/C28H24N2O3/c1-17-15-22(19(3)30-24-12-8-7-11-21(24)25(31)13-14-29)28-23(16-17)26(32)18(2)27(33-28)20-9-5-4-6-10-20/h4-12,15-16,19,30H,13H2,1-3H3/t19-/m1/s1. The molecule has 0 aliphatic carbocycles. The second kappa shape index (κ2) is 9.13. The van der Waals surface area contributed by atoms with Gasteiger partial charge < -0.3 is 9.73 Å². The first kappa shape index (κ1) is 22.0. The molecule has 1 N–H and O–H groups in total. The highest BCUT2D eigenvalue weighted by molar-refractivity contribution is 6.02. The number of para-hydroxylation sites is 1. The summed E-state index contributed by atoms with van der Waals surface area (Å²) in [5.74, 6) is 0.311. The summed E-state index contributed by atoms with van der Waals surface area (Å²) >= 11 is 0. The van der Waals surface area contributed by atoms with Gasteiger partial charge in [0.15, 0.2) is 11.2 Å². The molecule has 0 aliphatic rings. The maximum atomic E-state index is 13.3. The topological polar surface area (TPSA) is 83.1 Å². The number of anilines is 1. The van der Waals surface area contributed by atoms with Crippen molar-refractivity contribution >= 4 is 22.4 Å². The van der Waals surface area contributed by atoms with Gasteiger partial charge in [-0.15, -0.1) is 0 Å². The molecule has 164 valence electrons. The van der Waals surface area contributed by atoms with Crippen LogP contribution in [0.1, 0.15) is 46.4 Å². The number of carbonyl (C=O) groups excluding carboxylic acids is 1. The molecule has 1 aromatic heterocycles. The molecule has 5 heteroatoms. The number of hydrogen-bond donors (Lipinski definition) is 1. The highest BCUT2D eigenvalue weighted by Crippen LogP contribution is 2.32. The van der Waals surface area contributed by atoms with E-state index in [1.165, 1.54) is 0 Å². The molecular weight excluding hydrogens is 412 g/mol. The number of hydrogen-bond acceptors (Lipinski definition) is 5. The van der Waals surface area contributed by atoms with Crippen molar-refractivity contribution in [2.45, 2.75) is 33.2 Å². The molecule has 0 fully saturated rings. The van der Waals surface area contributed by atoms with Gasteiger partial charge >= 0.3 is 0 Å². The third-order valence-corrected chi connectivity index (χ3v) is 5.73. The van der Waals surface area contributed by atoms with Gasteiger partial charge in [0.2, 0.25) is 0 Å². The summed E-state index contributed by atoms with van der Waals surface area (Å²) in [5, 5.41) is 12.9. The summed E-state index contributed by atoms with van der Waals surface area (Å²) in [6, 6.07) is 22.2. The summed E-state index contributed by atoms with van der Waals surface area (Å²) in [5.41, 5.74) is 4.74. The number of Topliss-reactive ketones (excluding diaryl/α,β-unsaturated/α-hetero) is 1. The van der Waals surface area contributed by atoms with Crippen LogP contribution in [0.15, 0.2) is 75.9 Å². The van der Waals surface area contributed by atoms with Crippen molar-refractivity contribution in [1.29, 1.82) is 5.26 Å². The van der Waals surface area contributed by atoms with Gasteiger partial charge in [0.05, 0.1) is 23.9 Å². The molecule has 3 aromatic carbocycles. The van der Waals surface area contributed by atoms with Gasteiger partial charge in [-0.05, 0) is 44.5 Å². The first-order chi connectivity index (χ1) is 15.9. The Bertz CT molecular complexity index is 1450. The molecule has 0 bridgehead atoms. The quantitative estimate of drug-likeness (QED) is 0.356. The number of fused-ring (bicyclic) bond motifs is 1. The molecule has 4 rings (SSSR count). The van der Waals surface area contributed by atoms with E-state index in [0.29, 0.717) is 33.5 Å². The summed E-state index contributed by atoms with van der Waals surface area (Å²) in [6.07, 6.45) is -0.185. The van der Waals surface area contributed by atoms with Crippen LogP contribution in [0.4, 0.5) is 5.69 Å². The van der Waals surface area contributed by atoms with E-state index < -0.39 is 0 Å². The van der Waals surface area contributed by atoms with E-state index in [1.54, 1.807) is 19.1 Å². The summed E-state index contributed by atoms with van der Waals surface area (Å²) in [6.45, 7) is 5.69. The van der Waals surface area contributed by atoms with Gasteiger partial charge in [-0.25, -0.2) is 0 Å². The van der Waals surface area contributed by atoms with Gasteiger partial charge in [-0.1, -0.05) is 48.5 Å². The predicted molar refractivity (Wildman–Crippen MR) is 130 cm³/mol. The van der Waals surface area contributed by atoms with E-state index in [-0.39, 0.29) is 23.7 Å². The van der Waals surface area contributed by atoms with Crippen LogP contribution in [-0.4, -0.2) is 5.78 Å². The Morgan fingerprint density at radius 3 is 2.48 bits per heavy atom. The third-order valence-electron chi connectivity index (χ3n) is 5.73. The normalized spacial score (nSPS) is 11.7. The summed E-state index contributed by atoms with van der Waals surface area (Å²) in [7, 11) is 0. The summed E-state index contributed by atoms with van der Waals surface area (Å²) < 4.78 is 6.37. The zero-order valence-corrected chi connectivity index (χ0v) is 18.8. The van der Waals surface area contributed by atoms with Crippen molar-refractivity contribution in [2.24, 2.45) is 0 Å². The van der Waals surface area contributed by atoms with Gasteiger partial charge in [0.1, 0.15) is 11.3 Å². The highest BCUT2D eigenvalue weighted by atomic mass is 16.3. The number of nitriles is 1. The molecule has 0 unspecified atom stereocenters. The van der Waals surface area contributed by atoms with E-state index in [0.717, 1.165) is 16.7 Å². The smallest absolute Gasteiger partial charge is 0.196 e. The number of benzene rings is 3. The molecule has 0 amide bonds. The van der Waals surface area contributed by atoms with Crippen molar-refractivity contribution in [2.75, 3.05) is 5.32 Å². The molecule has 0 spiro atoms. The zero-order valence-electron chi connectivity index (χ0n) is 18.8. The van der Waals surface area contributed by atoms with Crippen molar-refractivity contribution in [1.82, 2.24) is 0 Å². The number of rotatable bonds is 6. The molecule has 0 saturated carbocycles. The number of carbonyl (C=O) groups is 1. The zero-order chi connectivity index (χ0) is 23.5. The largest absolute Gasteiger partial charge is 0.455 e. The van der Waals surface area contributed by atoms with Crippen LogP contribution in [0.25, 0.3) is 22.3 Å². The molecule has 1 atom stereocenters. The molecule has 5 nitrogen and oxygen atoms in total. The van der Waals surface area contributed by atoms with Crippen molar-refractivity contribution in [3.8, 4) is 17.4 Å². The van der Waals surface area contributed by atoms with Crippen molar-refractivity contribution < 1.29 is 9.21 Å². The van der Waals surface area contributed by atoms with Crippen LogP contribution in [0.5, 0.6) is 0 Å².